The Kier molecular flexibility index (Phi) is 5.44. The molecule has 3 rings (SSSR count). The maximum absolute atomic E-state index is 13.5. The Morgan fingerprint density at radius 2 is 2.17 bits per heavy atom. The van der Waals surface area contributed by atoms with Gasteiger partial charge in [0.2, 0.25) is 0 Å². The number of thiazole rings is 1. The number of halogens is 2. The largest absolute Gasteiger partial charge is 0.272 e. The van der Waals surface area contributed by atoms with E-state index < -0.39 is 5.82 Å². The number of aromatic nitrogens is 1. The Bertz CT molecular complexity index is 860. The minimum atomic E-state index is -0.496. The van der Waals surface area contributed by atoms with Gasteiger partial charge in [-0.3, -0.25) is 4.79 Å². The smallest absolute Gasteiger partial charge is 0.250 e. The van der Waals surface area contributed by atoms with Crippen LogP contribution >= 0.6 is 34.7 Å². The molecule has 8 heteroatoms. The van der Waals surface area contributed by atoms with Crippen LogP contribution in [0.15, 0.2) is 51.9 Å². The number of carbonyl (C=O) groups excluding carboxylic acids is 1. The van der Waals surface area contributed by atoms with Gasteiger partial charge in [0.1, 0.15) is 5.82 Å². The van der Waals surface area contributed by atoms with Crippen LogP contribution in [0.4, 0.5) is 4.39 Å². The fourth-order valence-electron chi connectivity index (χ4n) is 1.88. The topological polar surface area (TPSA) is 54.4 Å². The minimum absolute atomic E-state index is 0.137. The third-order valence-corrected chi connectivity index (χ3v) is 5.49. The van der Waals surface area contributed by atoms with E-state index in [4.69, 9.17) is 11.6 Å². The summed E-state index contributed by atoms with van der Waals surface area (Å²) in [5.74, 6) is -0.630. The third kappa shape index (κ3) is 4.11. The number of para-hydroxylation sites is 1. The summed E-state index contributed by atoms with van der Waals surface area (Å²) >= 11 is 8.73. The van der Waals surface area contributed by atoms with E-state index in [2.05, 4.69) is 15.5 Å². The first-order chi connectivity index (χ1) is 11.6. The maximum Gasteiger partial charge on any atom is 0.250 e. The number of benzene rings is 2. The zero-order valence-electron chi connectivity index (χ0n) is 12.2. The molecule has 0 unspecified atom stereocenters. The standard InChI is InChI=1S/C16H11ClFN3OS2/c17-11-4-3-5-12(18)10(11)8-19-21-15(22)9-23-16-20-13-6-1-2-7-14(13)24-16/h1-8H,9H2,(H,21,22)/b19-8-. The van der Waals surface area contributed by atoms with Gasteiger partial charge in [0, 0.05) is 5.56 Å². The van der Waals surface area contributed by atoms with Crippen molar-refractivity contribution in [2.75, 3.05) is 5.75 Å². The molecule has 3 aromatic rings. The average Bonchev–Trinajstić information content (AvgIpc) is 2.98. The van der Waals surface area contributed by atoms with Crippen LogP contribution in [0, 0.1) is 5.82 Å². The Labute approximate surface area is 150 Å². The second-order valence-electron chi connectivity index (χ2n) is 4.66. The van der Waals surface area contributed by atoms with Crippen LogP contribution in [-0.4, -0.2) is 22.9 Å². The molecule has 0 saturated carbocycles. The molecule has 0 aliphatic rings. The molecule has 1 heterocycles. The summed E-state index contributed by atoms with van der Waals surface area (Å²) < 4.78 is 15.4. The highest BCUT2D eigenvalue weighted by molar-refractivity contribution is 8.01. The van der Waals surface area contributed by atoms with Crippen molar-refractivity contribution in [2.45, 2.75) is 4.34 Å². The lowest BCUT2D eigenvalue weighted by Crippen LogP contribution is -2.19. The van der Waals surface area contributed by atoms with Gasteiger partial charge in [0.15, 0.2) is 4.34 Å². The molecule has 122 valence electrons. The van der Waals surface area contributed by atoms with E-state index in [1.807, 2.05) is 24.3 Å². The van der Waals surface area contributed by atoms with E-state index in [9.17, 15) is 9.18 Å². The summed E-state index contributed by atoms with van der Waals surface area (Å²) in [6, 6.07) is 12.1. The number of hydrazone groups is 1. The molecular weight excluding hydrogens is 369 g/mol. The van der Waals surface area contributed by atoms with E-state index in [0.29, 0.717) is 0 Å². The molecule has 0 radical (unpaired) electrons. The van der Waals surface area contributed by atoms with Crippen molar-refractivity contribution >= 4 is 57.0 Å². The second kappa shape index (κ2) is 7.74. The highest BCUT2D eigenvalue weighted by Crippen LogP contribution is 2.29. The molecular formula is C16H11ClFN3OS2. The SMILES string of the molecule is O=C(CSc1nc2ccccc2s1)N/N=C\c1c(F)cccc1Cl. The van der Waals surface area contributed by atoms with Gasteiger partial charge in [-0.1, -0.05) is 41.6 Å². The molecule has 1 amide bonds. The molecule has 24 heavy (non-hydrogen) atoms. The minimum Gasteiger partial charge on any atom is -0.272 e. The Balaban J connectivity index is 1.55. The number of nitrogens with one attached hydrogen (secondary N) is 1. The van der Waals surface area contributed by atoms with Crippen LogP contribution in [0.5, 0.6) is 0 Å². The zero-order valence-corrected chi connectivity index (χ0v) is 14.6. The van der Waals surface area contributed by atoms with Gasteiger partial charge < -0.3 is 0 Å². The fourth-order valence-corrected chi connectivity index (χ4v) is 3.95. The highest BCUT2D eigenvalue weighted by Gasteiger charge is 2.07. The van der Waals surface area contributed by atoms with Crippen molar-refractivity contribution in [3.63, 3.8) is 0 Å². The lowest BCUT2D eigenvalue weighted by atomic mass is 10.2. The van der Waals surface area contributed by atoms with Gasteiger partial charge in [0.25, 0.3) is 5.91 Å². The van der Waals surface area contributed by atoms with Gasteiger partial charge in [-0.15, -0.1) is 11.3 Å². The van der Waals surface area contributed by atoms with E-state index in [1.165, 1.54) is 41.4 Å². The first-order valence-electron chi connectivity index (χ1n) is 6.88. The molecule has 0 aliphatic heterocycles. The summed E-state index contributed by atoms with van der Waals surface area (Å²) in [5.41, 5.74) is 3.40. The van der Waals surface area contributed by atoms with Crippen molar-refractivity contribution < 1.29 is 9.18 Å². The molecule has 0 fully saturated rings. The van der Waals surface area contributed by atoms with Gasteiger partial charge in [0.05, 0.1) is 27.2 Å². The highest BCUT2D eigenvalue weighted by atomic mass is 35.5. The molecule has 0 saturated heterocycles. The summed E-state index contributed by atoms with van der Waals surface area (Å²) in [4.78, 5) is 16.2. The molecule has 0 bridgehead atoms. The normalized spacial score (nSPS) is 11.2. The third-order valence-electron chi connectivity index (χ3n) is 2.98. The molecule has 0 atom stereocenters. The van der Waals surface area contributed by atoms with Crippen molar-refractivity contribution in [2.24, 2.45) is 5.10 Å². The van der Waals surface area contributed by atoms with Crippen molar-refractivity contribution in [1.82, 2.24) is 10.4 Å². The van der Waals surface area contributed by atoms with Crippen LogP contribution in [-0.2, 0) is 4.79 Å². The van der Waals surface area contributed by atoms with Crippen LogP contribution < -0.4 is 5.43 Å². The maximum atomic E-state index is 13.5. The van der Waals surface area contributed by atoms with Gasteiger partial charge in [-0.2, -0.15) is 5.10 Å². The quantitative estimate of drug-likeness (QED) is 0.408. The predicted molar refractivity (Wildman–Crippen MR) is 97.5 cm³/mol. The van der Waals surface area contributed by atoms with Crippen molar-refractivity contribution in [3.05, 3.63) is 58.9 Å². The predicted octanol–water partition coefficient (Wildman–Crippen LogP) is 4.33. The van der Waals surface area contributed by atoms with E-state index in [1.54, 1.807) is 6.07 Å². The lowest BCUT2D eigenvalue weighted by Gasteiger charge is -2.00. The van der Waals surface area contributed by atoms with Crippen LogP contribution in [0.1, 0.15) is 5.56 Å². The number of carbonyl (C=O) groups is 1. The van der Waals surface area contributed by atoms with E-state index in [0.717, 1.165) is 14.6 Å². The molecule has 0 spiro atoms. The monoisotopic (exact) mass is 379 g/mol. The number of rotatable bonds is 5. The summed E-state index contributed by atoms with van der Waals surface area (Å²) in [6.45, 7) is 0. The van der Waals surface area contributed by atoms with E-state index in [-0.39, 0.29) is 22.2 Å². The van der Waals surface area contributed by atoms with Crippen molar-refractivity contribution in [1.29, 1.82) is 0 Å². The number of thioether (sulfide) groups is 1. The Morgan fingerprint density at radius 3 is 2.96 bits per heavy atom. The van der Waals surface area contributed by atoms with Gasteiger partial charge in [-0.05, 0) is 24.3 Å². The van der Waals surface area contributed by atoms with Gasteiger partial charge >= 0.3 is 0 Å². The van der Waals surface area contributed by atoms with Crippen LogP contribution in [0.25, 0.3) is 10.2 Å². The molecule has 1 N–H and O–H groups in total. The molecule has 4 nitrogen and oxygen atoms in total. The van der Waals surface area contributed by atoms with Crippen LogP contribution in [0.2, 0.25) is 5.02 Å². The fraction of sp³-hybridized carbons (Fsp3) is 0.0625. The lowest BCUT2D eigenvalue weighted by molar-refractivity contribution is -0.118. The number of fused-ring (bicyclic) bond motifs is 1. The first kappa shape index (κ1) is 16.9. The first-order valence-corrected chi connectivity index (χ1v) is 9.06. The Morgan fingerprint density at radius 1 is 1.33 bits per heavy atom. The van der Waals surface area contributed by atoms with Gasteiger partial charge in [-0.25, -0.2) is 14.8 Å². The molecule has 1 aromatic heterocycles. The average molecular weight is 380 g/mol. The molecule has 0 aliphatic carbocycles. The van der Waals surface area contributed by atoms with Crippen molar-refractivity contribution in [3.8, 4) is 0 Å². The number of hydrogen-bond donors (Lipinski definition) is 1. The van der Waals surface area contributed by atoms with Crippen LogP contribution in [0.3, 0.4) is 0 Å². The number of nitrogens with zero attached hydrogens (tertiary/aromatic N) is 2. The summed E-state index contributed by atoms with van der Waals surface area (Å²) in [6.07, 6.45) is 1.19. The number of amides is 1. The Hall–Kier alpha value is -1.96. The zero-order chi connectivity index (χ0) is 16.9. The van der Waals surface area contributed by atoms with E-state index >= 15 is 0 Å². The number of hydrogen-bond acceptors (Lipinski definition) is 5. The molecule has 2 aromatic carbocycles. The second-order valence-corrected chi connectivity index (χ2v) is 7.33. The summed E-state index contributed by atoms with van der Waals surface area (Å²) in [5, 5.41) is 3.97. The summed E-state index contributed by atoms with van der Waals surface area (Å²) in [7, 11) is 0.